The summed E-state index contributed by atoms with van der Waals surface area (Å²) in [4.78, 5) is 13.4. The van der Waals surface area contributed by atoms with Gasteiger partial charge in [-0.25, -0.2) is 0 Å². The Hall–Kier alpha value is -0.530. The molecule has 1 spiro atoms. The van der Waals surface area contributed by atoms with Crippen molar-refractivity contribution >= 4 is 5.78 Å². The third-order valence-electron chi connectivity index (χ3n) is 8.94. The van der Waals surface area contributed by atoms with E-state index in [1.165, 1.54) is 0 Å². The lowest BCUT2D eigenvalue weighted by Crippen LogP contribution is -2.71. The average Bonchev–Trinajstić information content (AvgIpc) is 2.72. The quantitative estimate of drug-likeness (QED) is 0.471. The van der Waals surface area contributed by atoms with Crippen LogP contribution in [-0.4, -0.2) is 62.8 Å². The minimum absolute atomic E-state index is 0.126. The van der Waals surface area contributed by atoms with Crippen LogP contribution < -0.4 is 0 Å². The van der Waals surface area contributed by atoms with Crippen molar-refractivity contribution in [3.05, 3.63) is 0 Å². The molecule has 6 heteroatoms. The molecule has 4 aliphatic rings. The van der Waals surface area contributed by atoms with E-state index in [9.17, 15) is 30.3 Å². The molecular formula is C20H32O6. The highest BCUT2D eigenvalue weighted by Gasteiger charge is 2.77. The van der Waals surface area contributed by atoms with Crippen LogP contribution in [0.2, 0.25) is 0 Å². The lowest BCUT2D eigenvalue weighted by Gasteiger charge is -2.67. The fourth-order valence-electron chi connectivity index (χ4n) is 7.76. The Bertz CT molecular complexity index is 605. The molecule has 4 aliphatic carbocycles. The fourth-order valence-corrected chi connectivity index (χ4v) is 7.76. The summed E-state index contributed by atoms with van der Waals surface area (Å²) in [6, 6.07) is 0. The topological polar surface area (TPSA) is 118 Å². The molecule has 0 amide bonds. The number of aliphatic hydroxyl groups excluding tert-OH is 5. The van der Waals surface area contributed by atoms with Crippen molar-refractivity contribution in [2.45, 2.75) is 64.3 Å². The molecule has 0 aromatic carbocycles. The molecule has 148 valence electrons. The molecule has 0 saturated heterocycles. The van der Waals surface area contributed by atoms with E-state index in [1.54, 1.807) is 0 Å². The van der Waals surface area contributed by atoms with Crippen LogP contribution in [-0.2, 0) is 4.79 Å². The highest BCUT2D eigenvalue weighted by Crippen LogP contribution is 2.71. The number of Topliss-reactive ketones (excluding diaryl/α,β-unsaturated/α-hetero) is 1. The summed E-state index contributed by atoms with van der Waals surface area (Å²) in [6.45, 7) is 3.63. The first kappa shape index (κ1) is 18.8. The van der Waals surface area contributed by atoms with Crippen LogP contribution in [0.3, 0.4) is 0 Å². The van der Waals surface area contributed by atoms with Gasteiger partial charge in [-0.05, 0) is 55.3 Å². The number of carbonyl (C=O) groups excluding carboxylic acids is 1. The van der Waals surface area contributed by atoms with E-state index < -0.39 is 41.0 Å². The van der Waals surface area contributed by atoms with Gasteiger partial charge in [0.05, 0.1) is 36.9 Å². The van der Waals surface area contributed by atoms with Gasteiger partial charge in [-0.1, -0.05) is 13.8 Å². The number of hydrogen-bond acceptors (Lipinski definition) is 6. The first-order valence-electron chi connectivity index (χ1n) is 9.99. The van der Waals surface area contributed by atoms with Crippen molar-refractivity contribution in [1.82, 2.24) is 0 Å². The number of ketones is 1. The second-order valence-corrected chi connectivity index (χ2v) is 9.94. The standard InChI is InChI=1S/C20H32O6/c1-18(2)6-5-14(23)19(9-22)12-4-3-10-11(8-21)17(26)20(12,16(10)25)15(24)7-13(18)19/h10-16,21-25H,3-9H2,1-2H3/t10-,11+,12-,13+,14-,15+,16+,19-,20+/m0/s1. The van der Waals surface area contributed by atoms with E-state index in [0.29, 0.717) is 19.3 Å². The van der Waals surface area contributed by atoms with Gasteiger partial charge in [-0.2, -0.15) is 0 Å². The monoisotopic (exact) mass is 368 g/mol. The molecule has 0 aromatic rings. The molecule has 5 N–H and O–H groups in total. The van der Waals surface area contributed by atoms with Gasteiger partial charge in [0.15, 0.2) is 0 Å². The normalized spacial score (nSPS) is 55.3. The Morgan fingerprint density at radius 3 is 2.31 bits per heavy atom. The molecule has 0 radical (unpaired) electrons. The predicted octanol–water partition coefficient (Wildman–Crippen LogP) is 0.0915. The van der Waals surface area contributed by atoms with Crippen molar-refractivity contribution in [3.8, 4) is 0 Å². The summed E-state index contributed by atoms with van der Waals surface area (Å²) < 4.78 is 0. The molecule has 2 bridgehead atoms. The van der Waals surface area contributed by atoms with E-state index in [4.69, 9.17) is 0 Å². The highest BCUT2D eigenvalue weighted by molar-refractivity contribution is 5.92. The second-order valence-electron chi connectivity index (χ2n) is 9.94. The molecule has 26 heavy (non-hydrogen) atoms. The summed E-state index contributed by atoms with van der Waals surface area (Å²) in [7, 11) is 0. The minimum Gasteiger partial charge on any atom is -0.396 e. The summed E-state index contributed by atoms with van der Waals surface area (Å²) >= 11 is 0. The van der Waals surface area contributed by atoms with Crippen LogP contribution in [0.4, 0.5) is 0 Å². The van der Waals surface area contributed by atoms with Gasteiger partial charge in [-0.15, -0.1) is 0 Å². The Morgan fingerprint density at radius 1 is 1.00 bits per heavy atom. The van der Waals surface area contributed by atoms with Gasteiger partial charge >= 0.3 is 0 Å². The lowest BCUT2D eigenvalue weighted by molar-refractivity contribution is -0.267. The number of fused-ring (bicyclic) bond motifs is 3. The number of rotatable bonds is 2. The van der Waals surface area contributed by atoms with Crippen molar-refractivity contribution in [3.63, 3.8) is 0 Å². The molecule has 0 aliphatic heterocycles. The van der Waals surface area contributed by atoms with Crippen LogP contribution in [0.1, 0.15) is 46.0 Å². The number of hydrogen-bond donors (Lipinski definition) is 5. The van der Waals surface area contributed by atoms with Gasteiger partial charge in [-0.3, -0.25) is 4.79 Å². The minimum atomic E-state index is -1.37. The maximum atomic E-state index is 13.4. The van der Waals surface area contributed by atoms with E-state index >= 15 is 0 Å². The third kappa shape index (κ3) is 1.88. The van der Waals surface area contributed by atoms with Gasteiger partial charge in [0.2, 0.25) is 0 Å². The Morgan fingerprint density at radius 2 is 1.69 bits per heavy atom. The van der Waals surface area contributed by atoms with Crippen LogP contribution in [0.5, 0.6) is 0 Å². The maximum absolute atomic E-state index is 13.4. The first-order chi connectivity index (χ1) is 12.2. The average molecular weight is 368 g/mol. The van der Waals surface area contributed by atoms with Crippen LogP contribution in [0, 0.1) is 39.9 Å². The summed E-state index contributed by atoms with van der Waals surface area (Å²) in [5, 5.41) is 53.6. The van der Waals surface area contributed by atoms with E-state index in [-0.39, 0.29) is 42.7 Å². The zero-order chi connectivity index (χ0) is 19.1. The van der Waals surface area contributed by atoms with Crippen LogP contribution in [0.15, 0.2) is 0 Å². The van der Waals surface area contributed by atoms with Gasteiger partial charge < -0.3 is 25.5 Å². The lowest BCUT2D eigenvalue weighted by atomic mass is 9.38. The largest absolute Gasteiger partial charge is 0.396 e. The molecule has 0 aromatic heterocycles. The van der Waals surface area contributed by atoms with Crippen molar-refractivity contribution < 1.29 is 30.3 Å². The zero-order valence-corrected chi connectivity index (χ0v) is 15.6. The smallest absolute Gasteiger partial charge is 0.150 e. The molecule has 4 rings (SSSR count). The number of carbonyl (C=O) groups is 1. The molecule has 9 atom stereocenters. The zero-order valence-electron chi connectivity index (χ0n) is 15.6. The van der Waals surface area contributed by atoms with E-state index in [0.717, 1.165) is 6.42 Å². The fraction of sp³-hybridized carbons (Fsp3) is 0.950. The molecular weight excluding hydrogens is 336 g/mol. The maximum Gasteiger partial charge on any atom is 0.150 e. The summed E-state index contributed by atoms with van der Waals surface area (Å²) in [5.41, 5.74) is -2.44. The molecule has 4 saturated carbocycles. The SMILES string of the molecule is CC1(C)CC[C@H](O)[C@]2(CO)[C@@H]1C[C@@H](O)[C@]13C(=O)[C@H](CO)[C@H](CC[C@@H]21)[C@H]3O. The molecule has 0 unspecified atom stereocenters. The van der Waals surface area contributed by atoms with E-state index in [1.807, 2.05) is 0 Å². The van der Waals surface area contributed by atoms with Crippen molar-refractivity contribution in [2.75, 3.05) is 13.2 Å². The highest BCUT2D eigenvalue weighted by atomic mass is 16.3. The Kier molecular flexibility index (Phi) is 4.15. The second kappa shape index (κ2) is 5.74. The third-order valence-corrected chi connectivity index (χ3v) is 8.94. The van der Waals surface area contributed by atoms with Crippen molar-refractivity contribution in [2.24, 2.45) is 39.9 Å². The predicted molar refractivity (Wildman–Crippen MR) is 92.9 cm³/mol. The van der Waals surface area contributed by atoms with Crippen LogP contribution in [0.25, 0.3) is 0 Å². The molecule has 6 nitrogen and oxygen atoms in total. The van der Waals surface area contributed by atoms with Crippen molar-refractivity contribution in [1.29, 1.82) is 0 Å². The Balaban J connectivity index is 1.91. The molecule has 0 heterocycles. The van der Waals surface area contributed by atoms with E-state index in [2.05, 4.69) is 13.8 Å². The summed E-state index contributed by atoms with van der Waals surface area (Å²) in [5.74, 6) is -1.88. The summed E-state index contributed by atoms with van der Waals surface area (Å²) in [6.07, 6.45) is -0.0236. The Labute approximate surface area is 154 Å². The van der Waals surface area contributed by atoms with Crippen LogP contribution >= 0.6 is 0 Å². The number of aliphatic hydroxyl groups is 5. The van der Waals surface area contributed by atoms with Gasteiger partial charge in [0.1, 0.15) is 5.78 Å². The first-order valence-corrected chi connectivity index (χ1v) is 9.99. The molecule has 4 fully saturated rings. The van der Waals surface area contributed by atoms with Gasteiger partial charge in [0, 0.05) is 11.3 Å². The van der Waals surface area contributed by atoms with Gasteiger partial charge in [0.25, 0.3) is 0 Å².